The van der Waals surface area contributed by atoms with E-state index in [4.69, 9.17) is 10.2 Å². The van der Waals surface area contributed by atoms with Gasteiger partial charge in [0.1, 0.15) is 21.8 Å². The van der Waals surface area contributed by atoms with Gasteiger partial charge in [-0.15, -0.1) is 0 Å². The van der Waals surface area contributed by atoms with E-state index in [0.717, 1.165) is 33.7 Å². The fraction of sp³-hybridized carbons (Fsp3) is 0. The average molecular weight is 301 g/mol. The Morgan fingerprint density at radius 3 is 2.64 bits per heavy atom. The molecule has 0 spiro atoms. The van der Waals surface area contributed by atoms with Gasteiger partial charge in [-0.25, -0.2) is 4.98 Å². The Kier molecular flexibility index (Phi) is 3.06. The second kappa shape index (κ2) is 5.21. The second-order valence-corrected chi connectivity index (χ2v) is 5.72. The van der Waals surface area contributed by atoms with Crippen molar-refractivity contribution >= 4 is 28.2 Å². The molecule has 4 heteroatoms. The minimum atomic E-state index is 0.850. The zero-order chi connectivity index (χ0) is 14.9. The van der Waals surface area contributed by atoms with Crippen molar-refractivity contribution in [3.63, 3.8) is 0 Å². The van der Waals surface area contributed by atoms with Gasteiger partial charge >= 0.3 is 0 Å². The number of rotatable bonds is 2. The number of thiocyanates is 1. The topological polar surface area (TPSA) is 41.1 Å². The molecule has 104 valence electrons. The van der Waals surface area contributed by atoms with Gasteiger partial charge in [0.15, 0.2) is 0 Å². The third-order valence-corrected chi connectivity index (χ3v) is 4.33. The molecule has 0 saturated carbocycles. The summed E-state index contributed by atoms with van der Waals surface area (Å²) in [5, 5.41) is 14.5. The van der Waals surface area contributed by atoms with Crippen LogP contribution in [0.2, 0.25) is 0 Å². The molecule has 0 saturated heterocycles. The molecular formula is C18H11N3S. The van der Waals surface area contributed by atoms with Gasteiger partial charge in [0.05, 0.1) is 0 Å². The second-order valence-electron chi connectivity index (χ2n) is 4.95. The third-order valence-electron chi connectivity index (χ3n) is 3.65. The Morgan fingerprint density at radius 2 is 1.77 bits per heavy atom. The molecule has 0 aliphatic carbocycles. The van der Waals surface area contributed by atoms with Crippen LogP contribution >= 0.6 is 11.8 Å². The standard InChI is InChI=1S/C18H11N3S/c19-12-22-18-17(20-16-7-3-4-10-21(16)18)15-9-8-13-5-1-2-6-14(13)11-15/h1-11H. The highest BCUT2D eigenvalue weighted by atomic mass is 32.2. The molecule has 0 amide bonds. The summed E-state index contributed by atoms with van der Waals surface area (Å²) in [4.78, 5) is 4.70. The van der Waals surface area contributed by atoms with Crippen molar-refractivity contribution in [1.82, 2.24) is 9.38 Å². The highest BCUT2D eigenvalue weighted by Crippen LogP contribution is 2.33. The Hall–Kier alpha value is -2.77. The number of thioether (sulfide) groups is 1. The predicted octanol–water partition coefficient (Wildman–Crippen LogP) is 4.73. The largest absolute Gasteiger partial charge is 0.293 e. The first-order valence-electron chi connectivity index (χ1n) is 6.89. The lowest BCUT2D eigenvalue weighted by Gasteiger charge is -2.03. The van der Waals surface area contributed by atoms with Crippen molar-refractivity contribution in [3.05, 3.63) is 66.9 Å². The first-order chi connectivity index (χ1) is 10.9. The van der Waals surface area contributed by atoms with Gasteiger partial charge in [0.25, 0.3) is 0 Å². The van der Waals surface area contributed by atoms with Crippen molar-refractivity contribution in [2.45, 2.75) is 5.03 Å². The van der Waals surface area contributed by atoms with E-state index in [0.29, 0.717) is 0 Å². The zero-order valence-electron chi connectivity index (χ0n) is 11.6. The van der Waals surface area contributed by atoms with Crippen LogP contribution in [0.5, 0.6) is 0 Å². The van der Waals surface area contributed by atoms with Crippen LogP contribution in [0.3, 0.4) is 0 Å². The molecule has 0 fully saturated rings. The van der Waals surface area contributed by atoms with E-state index in [-0.39, 0.29) is 0 Å². The number of hydrogen-bond acceptors (Lipinski definition) is 3. The van der Waals surface area contributed by atoms with E-state index in [9.17, 15) is 0 Å². The van der Waals surface area contributed by atoms with Gasteiger partial charge in [-0.05, 0) is 29.0 Å². The molecule has 0 N–H and O–H groups in total. The average Bonchev–Trinajstić information content (AvgIpc) is 2.94. The minimum Gasteiger partial charge on any atom is -0.293 e. The van der Waals surface area contributed by atoms with Crippen molar-refractivity contribution in [1.29, 1.82) is 5.26 Å². The number of benzene rings is 2. The number of fused-ring (bicyclic) bond motifs is 2. The van der Waals surface area contributed by atoms with Gasteiger partial charge < -0.3 is 0 Å². The lowest BCUT2D eigenvalue weighted by molar-refractivity contribution is 1.06. The van der Waals surface area contributed by atoms with E-state index in [2.05, 4.69) is 35.7 Å². The number of imidazole rings is 1. The van der Waals surface area contributed by atoms with Gasteiger partial charge in [0.2, 0.25) is 0 Å². The molecule has 2 heterocycles. The molecule has 3 nitrogen and oxygen atoms in total. The molecule has 0 unspecified atom stereocenters. The van der Waals surface area contributed by atoms with Crippen LogP contribution in [0.25, 0.3) is 27.7 Å². The Balaban J connectivity index is 1.99. The van der Waals surface area contributed by atoms with Crippen LogP contribution in [-0.4, -0.2) is 9.38 Å². The first-order valence-corrected chi connectivity index (χ1v) is 7.71. The molecule has 0 bridgehead atoms. The smallest absolute Gasteiger partial charge is 0.140 e. The number of aromatic nitrogens is 2. The molecule has 0 aliphatic heterocycles. The number of nitrogens with zero attached hydrogens (tertiary/aromatic N) is 3. The Labute approximate surface area is 131 Å². The fourth-order valence-electron chi connectivity index (χ4n) is 2.64. The van der Waals surface area contributed by atoms with Gasteiger partial charge in [-0.1, -0.05) is 42.5 Å². The van der Waals surface area contributed by atoms with Crippen molar-refractivity contribution < 1.29 is 0 Å². The fourth-order valence-corrected chi connectivity index (χ4v) is 3.24. The summed E-state index contributed by atoms with van der Waals surface area (Å²) in [6.45, 7) is 0. The van der Waals surface area contributed by atoms with E-state index in [1.54, 1.807) is 0 Å². The van der Waals surface area contributed by atoms with E-state index < -0.39 is 0 Å². The van der Waals surface area contributed by atoms with Gasteiger partial charge in [-0.3, -0.25) is 4.40 Å². The molecular weight excluding hydrogens is 290 g/mol. The molecule has 0 atom stereocenters. The maximum Gasteiger partial charge on any atom is 0.140 e. The van der Waals surface area contributed by atoms with Gasteiger partial charge in [0, 0.05) is 23.5 Å². The number of hydrogen-bond donors (Lipinski definition) is 0. The van der Waals surface area contributed by atoms with Crippen LogP contribution in [0.4, 0.5) is 0 Å². The van der Waals surface area contributed by atoms with Crippen LogP contribution in [-0.2, 0) is 0 Å². The lowest BCUT2D eigenvalue weighted by Crippen LogP contribution is -1.85. The van der Waals surface area contributed by atoms with E-state index in [1.807, 2.05) is 40.9 Å². The molecule has 2 aromatic heterocycles. The maximum atomic E-state index is 9.11. The summed E-state index contributed by atoms with van der Waals surface area (Å²) >= 11 is 1.14. The molecule has 4 aromatic rings. The summed E-state index contributed by atoms with van der Waals surface area (Å²) in [5.74, 6) is 0. The Bertz CT molecular complexity index is 1030. The van der Waals surface area contributed by atoms with E-state index >= 15 is 0 Å². The SMILES string of the molecule is N#CSc1c(-c2ccc3ccccc3c2)nc2ccccn12. The van der Waals surface area contributed by atoms with Crippen LogP contribution in [0.1, 0.15) is 0 Å². The maximum absolute atomic E-state index is 9.11. The first kappa shape index (κ1) is 12.9. The van der Waals surface area contributed by atoms with Crippen molar-refractivity contribution in [3.8, 4) is 16.7 Å². The van der Waals surface area contributed by atoms with Crippen LogP contribution in [0.15, 0.2) is 71.9 Å². The van der Waals surface area contributed by atoms with Gasteiger partial charge in [-0.2, -0.15) is 5.26 Å². The summed E-state index contributed by atoms with van der Waals surface area (Å²) < 4.78 is 1.96. The van der Waals surface area contributed by atoms with Crippen molar-refractivity contribution in [2.75, 3.05) is 0 Å². The van der Waals surface area contributed by atoms with E-state index in [1.165, 1.54) is 10.8 Å². The molecule has 22 heavy (non-hydrogen) atoms. The highest BCUT2D eigenvalue weighted by Gasteiger charge is 2.14. The zero-order valence-corrected chi connectivity index (χ0v) is 12.4. The summed E-state index contributed by atoms with van der Waals surface area (Å²) in [6, 6.07) is 20.4. The van der Waals surface area contributed by atoms with Crippen LogP contribution in [0, 0.1) is 10.7 Å². The monoisotopic (exact) mass is 301 g/mol. The predicted molar refractivity (Wildman–Crippen MR) is 89.6 cm³/mol. The highest BCUT2D eigenvalue weighted by molar-refractivity contribution is 8.03. The molecule has 0 aliphatic rings. The molecule has 0 radical (unpaired) electrons. The molecule has 2 aromatic carbocycles. The van der Waals surface area contributed by atoms with Crippen molar-refractivity contribution in [2.24, 2.45) is 0 Å². The molecule has 4 rings (SSSR count). The number of pyridine rings is 1. The number of nitriles is 1. The lowest BCUT2D eigenvalue weighted by atomic mass is 10.1. The summed E-state index contributed by atoms with van der Waals surface area (Å²) in [6.07, 6.45) is 1.94. The normalized spacial score (nSPS) is 10.9. The van der Waals surface area contributed by atoms with Crippen LogP contribution < -0.4 is 0 Å². The third kappa shape index (κ3) is 2.03. The summed E-state index contributed by atoms with van der Waals surface area (Å²) in [7, 11) is 0. The summed E-state index contributed by atoms with van der Waals surface area (Å²) in [5.41, 5.74) is 2.73. The Morgan fingerprint density at radius 1 is 0.955 bits per heavy atom. The quantitative estimate of drug-likeness (QED) is 0.397. The minimum absolute atomic E-state index is 0.850.